The Morgan fingerprint density at radius 3 is 2.52 bits per heavy atom. The second kappa shape index (κ2) is 8.02. The van der Waals surface area contributed by atoms with Crippen molar-refractivity contribution in [1.29, 1.82) is 0 Å². The Hall–Kier alpha value is -4.26. The van der Waals surface area contributed by atoms with Crippen molar-refractivity contribution < 1.29 is 24.2 Å². The lowest BCUT2D eigenvalue weighted by molar-refractivity contribution is -0.138. The molecule has 7 heteroatoms. The van der Waals surface area contributed by atoms with Gasteiger partial charge >= 0.3 is 5.97 Å². The van der Waals surface area contributed by atoms with Crippen molar-refractivity contribution in [2.75, 3.05) is 20.8 Å². The largest absolute Gasteiger partial charge is 0.497 e. The third-order valence-corrected chi connectivity index (χ3v) is 6.06. The summed E-state index contributed by atoms with van der Waals surface area (Å²) in [7, 11) is 3.19. The van der Waals surface area contributed by atoms with E-state index in [1.807, 2.05) is 54.6 Å². The van der Waals surface area contributed by atoms with Gasteiger partial charge in [0.15, 0.2) is 0 Å². The molecule has 0 saturated carbocycles. The quantitative estimate of drug-likeness (QED) is 0.459. The molecule has 0 aliphatic carbocycles. The number of hydrogen-bond donors (Lipinski definition) is 2. The van der Waals surface area contributed by atoms with Crippen LogP contribution in [0.1, 0.15) is 27.5 Å². The van der Waals surface area contributed by atoms with Gasteiger partial charge in [0.25, 0.3) is 5.91 Å². The lowest BCUT2D eigenvalue weighted by Crippen LogP contribution is -2.34. The Bertz CT molecular complexity index is 1390. The van der Waals surface area contributed by atoms with Crippen LogP contribution in [0.4, 0.5) is 0 Å². The molecule has 166 valence electrons. The Morgan fingerprint density at radius 1 is 1.00 bits per heavy atom. The Labute approximate surface area is 190 Å². The first kappa shape index (κ1) is 20.6. The molecule has 0 spiro atoms. The molecule has 3 aromatic carbocycles. The number of para-hydroxylation sites is 1. The van der Waals surface area contributed by atoms with Crippen LogP contribution in [0, 0.1) is 0 Å². The number of aromatic amines is 1. The summed E-state index contributed by atoms with van der Waals surface area (Å²) in [4.78, 5) is 29.9. The summed E-state index contributed by atoms with van der Waals surface area (Å²) in [6, 6.07) is 20.0. The lowest BCUT2D eigenvalue weighted by atomic mass is 9.93. The van der Waals surface area contributed by atoms with Crippen molar-refractivity contribution in [2.45, 2.75) is 6.04 Å². The summed E-state index contributed by atoms with van der Waals surface area (Å²) in [5, 5.41) is 10.5. The van der Waals surface area contributed by atoms with Gasteiger partial charge in [-0.2, -0.15) is 0 Å². The molecule has 2 heterocycles. The van der Waals surface area contributed by atoms with E-state index in [9.17, 15) is 14.7 Å². The molecule has 2 N–H and O–H groups in total. The number of carboxylic acids is 1. The first-order valence-corrected chi connectivity index (χ1v) is 10.5. The number of fused-ring (bicyclic) bond motifs is 2. The molecule has 4 aromatic rings. The average Bonchev–Trinajstić information content (AvgIpc) is 3.33. The summed E-state index contributed by atoms with van der Waals surface area (Å²) >= 11 is 0. The molecule has 7 nitrogen and oxygen atoms in total. The number of hydrogen-bond acceptors (Lipinski definition) is 4. The van der Waals surface area contributed by atoms with Crippen molar-refractivity contribution in [2.24, 2.45) is 0 Å². The number of nitrogens with one attached hydrogen (secondary N) is 1. The number of H-pyrrole nitrogens is 1. The van der Waals surface area contributed by atoms with E-state index in [1.165, 1.54) is 4.90 Å². The highest BCUT2D eigenvalue weighted by molar-refractivity contribution is 6.03. The van der Waals surface area contributed by atoms with Gasteiger partial charge in [-0.05, 0) is 35.9 Å². The van der Waals surface area contributed by atoms with Crippen LogP contribution in [-0.4, -0.2) is 47.6 Å². The Balaban J connectivity index is 1.84. The van der Waals surface area contributed by atoms with Gasteiger partial charge in [0.2, 0.25) is 0 Å². The van der Waals surface area contributed by atoms with Gasteiger partial charge in [0.1, 0.15) is 18.0 Å². The normalized spacial score (nSPS) is 15.0. The second-order valence-corrected chi connectivity index (χ2v) is 7.84. The number of amides is 1. The number of aromatic nitrogens is 1. The fourth-order valence-electron chi connectivity index (χ4n) is 4.66. The Kier molecular flexibility index (Phi) is 5.01. The minimum absolute atomic E-state index is 0.299. The lowest BCUT2D eigenvalue weighted by Gasteiger charge is -2.25. The van der Waals surface area contributed by atoms with Crippen LogP contribution in [-0.2, 0) is 4.79 Å². The van der Waals surface area contributed by atoms with E-state index < -0.39 is 18.6 Å². The van der Waals surface area contributed by atoms with Gasteiger partial charge in [-0.1, -0.05) is 36.4 Å². The molecule has 1 aliphatic rings. The summed E-state index contributed by atoms with van der Waals surface area (Å²) in [5.41, 5.74) is 4.48. The number of rotatable bonds is 6. The highest BCUT2D eigenvalue weighted by Crippen LogP contribution is 2.47. The maximum atomic E-state index is 13.3. The molecule has 1 atom stereocenters. The summed E-state index contributed by atoms with van der Waals surface area (Å²) in [6.45, 7) is -0.410. The van der Waals surface area contributed by atoms with Crippen LogP contribution in [0.15, 0.2) is 66.7 Å². The number of aliphatic carboxylic acids is 1. The molecule has 1 aliphatic heterocycles. The molecular weight excluding hydrogens is 420 g/mol. The summed E-state index contributed by atoms with van der Waals surface area (Å²) < 4.78 is 11.1. The van der Waals surface area contributed by atoms with E-state index in [4.69, 9.17) is 9.47 Å². The Morgan fingerprint density at radius 2 is 1.76 bits per heavy atom. The SMILES string of the molecule is COc1ccc(OC)c(-c2[nH]c3ccccc3c2C2c3ccccc3C(=O)N2CC(=O)O)c1. The number of nitrogens with zero attached hydrogens (tertiary/aromatic N) is 1. The zero-order valence-corrected chi connectivity index (χ0v) is 18.2. The second-order valence-electron chi connectivity index (χ2n) is 7.84. The van der Waals surface area contributed by atoms with Gasteiger partial charge in [-0.15, -0.1) is 0 Å². The average molecular weight is 442 g/mol. The predicted octanol–water partition coefficient (Wildman–Crippen LogP) is 4.48. The summed E-state index contributed by atoms with van der Waals surface area (Å²) in [6.07, 6.45) is 0. The zero-order chi connectivity index (χ0) is 23.1. The number of carbonyl (C=O) groups excluding carboxylic acids is 1. The van der Waals surface area contributed by atoms with Gasteiger partial charge < -0.3 is 24.5 Å². The van der Waals surface area contributed by atoms with Gasteiger partial charge in [-0.3, -0.25) is 9.59 Å². The van der Waals surface area contributed by atoms with Crippen LogP contribution < -0.4 is 9.47 Å². The van der Waals surface area contributed by atoms with E-state index in [0.29, 0.717) is 17.1 Å². The van der Waals surface area contributed by atoms with E-state index in [-0.39, 0.29) is 5.91 Å². The zero-order valence-electron chi connectivity index (χ0n) is 18.2. The fraction of sp³-hybridized carbons (Fsp3) is 0.154. The predicted molar refractivity (Wildman–Crippen MR) is 124 cm³/mol. The number of carboxylic acid groups (broad SMARTS) is 1. The topological polar surface area (TPSA) is 91.9 Å². The van der Waals surface area contributed by atoms with Crippen molar-refractivity contribution in [1.82, 2.24) is 9.88 Å². The highest BCUT2D eigenvalue weighted by atomic mass is 16.5. The molecule has 0 bridgehead atoms. The molecule has 33 heavy (non-hydrogen) atoms. The smallest absolute Gasteiger partial charge is 0.323 e. The molecular formula is C26H22N2O5. The molecule has 0 saturated heterocycles. The van der Waals surface area contributed by atoms with Crippen molar-refractivity contribution in [3.63, 3.8) is 0 Å². The number of carbonyl (C=O) groups is 2. The van der Waals surface area contributed by atoms with Gasteiger partial charge in [0.05, 0.1) is 26.0 Å². The van der Waals surface area contributed by atoms with E-state index >= 15 is 0 Å². The molecule has 1 unspecified atom stereocenters. The third kappa shape index (κ3) is 3.29. The van der Waals surface area contributed by atoms with Crippen molar-refractivity contribution in [3.8, 4) is 22.8 Å². The molecule has 0 radical (unpaired) electrons. The monoisotopic (exact) mass is 442 g/mol. The summed E-state index contributed by atoms with van der Waals surface area (Å²) in [5.74, 6) is -0.0833. The number of benzene rings is 3. The van der Waals surface area contributed by atoms with Crippen LogP contribution in [0.25, 0.3) is 22.2 Å². The van der Waals surface area contributed by atoms with E-state index in [0.717, 1.165) is 33.3 Å². The minimum Gasteiger partial charge on any atom is -0.497 e. The van der Waals surface area contributed by atoms with Crippen molar-refractivity contribution >= 4 is 22.8 Å². The minimum atomic E-state index is -1.07. The van der Waals surface area contributed by atoms with E-state index in [2.05, 4.69) is 4.98 Å². The van der Waals surface area contributed by atoms with E-state index in [1.54, 1.807) is 26.4 Å². The van der Waals surface area contributed by atoms with Crippen LogP contribution in [0.3, 0.4) is 0 Å². The van der Waals surface area contributed by atoms with Crippen LogP contribution in [0.2, 0.25) is 0 Å². The maximum absolute atomic E-state index is 13.3. The molecule has 5 rings (SSSR count). The number of ether oxygens (including phenoxy) is 2. The standard InChI is InChI=1S/C26H22N2O5/c1-32-15-11-12-21(33-2)19(13-15)24-23(18-9-5-6-10-20(18)27-24)25-16-7-3-4-8-17(16)26(31)28(25)14-22(29)30/h3-13,25,27H,14H2,1-2H3,(H,29,30). The molecule has 0 fully saturated rings. The van der Waals surface area contributed by atoms with Crippen LogP contribution in [0.5, 0.6) is 11.5 Å². The first-order valence-electron chi connectivity index (χ1n) is 10.5. The molecule has 1 amide bonds. The number of methoxy groups -OCH3 is 2. The van der Waals surface area contributed by atoms with Gasteiger partial charge in [0, 0.05) is 27.6 Å². The highest BCUT2D eigenvalue weighted by Gasteiger charge is 2.41. The van der Waals surface area contributed by atoms with Crippen LogP contribution >= 0.6 is 0 Å². The maximum Gasteiger partial charge on any atom is 0.323 e. The third-order valence-electron chi connectivity index (χ3n) is 6.06. The first-order chi connectivity index (χ1) is 16.0. The van der Waals surface area contributed by atoms with Gasteiger partial charge in [-0.25, -0.2) is 0 Å². The van der Waals surface area contributed by atoms with Crippen molar-refractivity contribution in [3.05, 3.63) is 83.4 Å². The molecule has 1 aromatic heterocycles. The fourth-order valence-corrected chi connectivity index (χ4v) is 4.66.